The second kappa shape index (κ2) is 7.75. The molecule has 2 aromatic heterocycles. The first kappa shape index (κ1) is 21.0. The van der Waals surface area contributed by atoms with E-state index in [2.05, 4.69) is 10.3 Å². The van der Waals surface area contributed by atoms with Gasteiger partial charge in [0.25, 0.3) is 11.8 Å². The molecule has 4 aromatic rings. The molecule has 0 spiro atoms. The van der Waals surface area contributed by atoms with E-state index >= 15 is 0 Å². The van der Waals surface area contributed by atoms with Gasteiger partial charge >= 0.3 is 5.97 Å². The quantitative estimate of drug-likeness (QED) is 0.315. The zero-order chi connectivity index (χ0) is 23.6. The number of nitrogens with two attached hydrogens (primary N) is 1. The van der Waals surface area contributed by atoms with E-state index in [9.17, 15) is 14.4 Å². The van der Waals surface area contributed by atoms with Gasteiger partial charge in [0.1, 0.15) is 6.04 Å². The SMILES string of the molecule is NC(CCCc1nc(-c2ccc3[nH]c4c5c(c6c(c4c3c2)C(=O)NC6=O)CCC5)cs1)C(=O)O. The summed E-state index contributed by atoms with van der Waals surface area (Å²) < 4.78 is 0. The van der Waals surface area contributed by atoms with Gasteiger partial charge in [-0.2, -0.15) is 0 Å². The molecular formula is C25H22N4O4S. The first-order chi connectivity index (χ1) is 16.4. The summed E-state index contributed by atoms with van der Waals surface area (Å²) >= 11 is 1.54. The van der Waals surface area contributed by atoms with Crippen molar-refractivity contribution in [1.82, 2.24) is 15.3 Å². The van der Waals surface area contributed by atoms with Crippen LogP contribution in [0, 0.1) is 0 Å². The number of aliphatic carboxylic acids is 1. The lowest BCUT2D eigenvalue weighted by molar-refractivity contribution is -0.138. The highest BCUT2D eigenvalue weighted by Crippen LogP contribution is 2.42. The van der Waals surface area contributed by atoms with E-state index < -0.39 is 12.0 Å². The van der Waals surface area contributed by atoms with Gasteiger partial charge in [0, 0.05) is 27.2 Å². The Morgan fingerprint density at radius 2 is 1.97 bits per heavy atom. The van der Waals surface area contributed by atoms with Crippen molar-refractivity contribution in [3.05, 3.63) is 50.8 Å². The number of carboxylic acids is 1. The third kappa shape index (κ3) is 3.15. The standard InChI is InChI=1S/C25H22N4O4S/c26-15(25(32)33)5-2-6-18-27-17(10-34-18)11-7-8-16-14(9-11)19-21-20(23(30)29-24(21)31)12-3-1-4-13(12)22(19)28-16/h7-10,15,28H,1-6,26H2,(H,32,33)(H,29,30,31). The Kier molecular flexibility index (Phi) is 4.79. The Morgan fingerprint density at radius 3 is 2.79 bits per heavy atom. The number of aromatic amines is 1. The molecule has 1 unspecified atom stereocenters. The summed E-state index contributed by atoms with van der Waals surface area (Å²) in [6.07, 6.45) is 4.41. The lowest BCUT2D eigenvalue weighted by Crippen LogP contribution is -2.29. The number of rotatable bonds is 6. The molecule has 0 saturated heterocycles. The zero-order valence-electron chi connectivity index (χ0n) is 18.2. The lowest BCUT2D eigenvalue weighted by atomic mass is 9.93. The van der Waals surface area contributed by atoms with Crippen LogP contribution in [0.3, 0.4) is 0 Å². The van der Waals surface area contributed by atoms with Crippen LogP contribution in [0.25, 0.3) is 33.1 Å². The maximum atomic E-state index is 12.8. The van der Waals surface area contributed by atoms with E-state index in [-0.39, 0.29) is 11.8 Å². The number of amides is 2. The first-order valence-corrected chi connectivity index (χ1v) is 12.2. The van der Waals surface area contributed by atoms with Gasteiger partial charge in [-0.15, -0.1) is 11.3 Å². The van der Waals surface area contributed by atoms with Crippen LogP contribution in [0.15, 0.2) is 23.6 Å². The average molecular weight is 475 g/mol. The third-order valence-electron chi connectivity index (χ3n) is 6.87. The molecule has 8 nitrogen and oxygen atoms in total. The molecule has 0 saturated carbocycles. The number of nitrogens with one attached hydrogen (secondary N) is 2. The molecule has 9 heteroatoms. The van der Waals surface area contributed by atoms with Gasteiger partial charge < -0.3 is 15.8 Å². The number of imide groups is 1. The number of aromatic nitrogens is 2. The molecule has 3 heterocycles. The van der Waals surface area contributed by atoms with Crippen LogP contribution in [0.4, 0.5) is 0 Å². The summed E-state index contributed by atoms with van der Waals surface area (Å²) in [5, 5.41) is 16.1. The van der Waals surface area contributed by atoms with Gasteiger partial charge in [-0.1, -0.05) is 6.07 Å². The van der Waals surface area contributed by atoms with Crippen molar-refractivity contribution in [3.8, 4) is 11.3 Å². The molecule has 1 aliphatic carbocycles. The van der Waals surface area contributed by atoms with Crippen LogP contribution >= 0.6 is 11.3 Å². The molecule has 2 aromatic carbocycles. The topological polar surface area (TPSA) is 138 Å². The maximum Gasteiger partial charge on any atom is 0.320 e. The van der Waals surface area contributed by atoms with Crippen LogP contribution in [-0.2, 0) is 24.1 Å². The average Bonchev–Trinajstić information content (AvgIpc) is 3.58. The first-order valence-electron chi connectivity index (χ1n) is 11.3. The molecule has 6 rings (SSSR count). The minimum absolute atomic E-state index is 0.294. The highest BCUT2D eigenvalue weighted by Gasteiger charge is 2.36. The summed E-state index contributed by atoms with van der Waals surface area (Å²) in [4.78, 5) is 44.5. The normalized spacial score (nSPS) is 15.7. The molecule has 5 N–H and O–H groups in total. The third-order valence-corrected chi connectivity index (χ3v) is 7.78. The van der Waals surface area contributed by atoms with Gasteiger partial charge in [-0.25, -0.2) is 4.98 Å². The minimum Gasteiger partial charge on any atom is -0.480 e. The Balaban J connectivity index is 1.41. The van der Waals surface area contributed by atoms with E-state index in [0.717, 1.165) is 68.5 Å². The molecule has 2 amide bonds. The van der Waals surface area contributed by atoms with Crippen LogP contribution in [0.1, 0.15) is 56.1 Å². The summed E-state index contributed by atoms with van der Waals surface area (Å²) in [5.74, 6) is -1.61. The van der Waals surface area contributed by atoms with Crippen LogP contribution in [0.2, 0.25) is 0 Å². The summed E-state index contributed by atoms with van der Waals surface area (Å²) in [6.45, 7) is 0. The molecule has 1 aliphatic heterocycles. The highest BCUT2D eigenvalue weighted by molar-refractivity contribution is 7.09. The second-order valence-corrected chi connectivity index (χ2v) is 9.89. The van der Waals surface area contributed by atoms with Crippen molar-refractivity contribution in [1.29, 1.82) is 0 Å². The fourth-order valence-electron chi connectivity index (χ4n) is 5.27. The Labute approximate surface area is 198 Å². The molecule has 2 aliphatic rings. The molecule has 0 bridgehead atoms. The van der Waals surface area contributed by atoms with Gasteiger partial charge in [-0.3, -0.25) is 19.7 Å². The fourth-order valence-corrected chi connectivity index (χ4v) is 6.12. The molecular weight excluding hydrogens is 452 g/mol. The number of fused-ring (bicyclic) bond motifs is 8. The molecule has 172 valence electrons. The summed E-state index contributed by atoms with van der Waals surface area (Å²) in [6, 6.07) is 5.18. The molecule has 0 fully saturated rings. The number of thiazole rings is 1. The fraction of sp³-hybridized carbons (Fsp3) is 0.280. The monoisotopic (exact) mass is 474 g/mol. The zero-order valence-corrected chi connectivity index (χ0v) is 19.1. The number of nitrogens with zero attached hydrogens (tertiary/aromatic N) is 1. The van der Waals surface area contributed by atoms with Gasteiger partial charge in [0.2, 0.25) is 0 Å². The lowest BCUT2D eigenvalue weighted by Gasteiger charge is -2.07. The number of hydrogen-bond acceptors (Lipinski definition) is 6. The van der Waals surface area contributed by atoms with Crippen LogP contribution < -0.4 is 11.1 Å². The predicted molar refractivity (Wildman–Crippen MR) is 129 cm³/mol. The number of aryl methyl sites for hydroxylation is 2. The van der Waals surface area contributed by atoms with Gasteiger partial charge in [0.15, 0.2) is 0 Å². The second-order valence-electron chi connectivity index (χ2n) is 8.94. The highest BCUT2D eigenvalue weighted by atomic mass is 32.1. The van der Waals surface area contributed by atoms with Crippen molar-refractivity contribution in [2.75, 3.05) is 0 Å². The largest absolute Gasteiger partial charge is 0.480 e. The maximum absolute atomic E-state index is 12.8. The van der Waals surface area contributed by atoms with Crippen molar-refractivity contribution in [3.63, 3.8) is 0 Å². The van der Waals surface area contributed by atoms with E-state index in [1.54, 1.807) is 0 Å². The molecule has 34 heavy (non-hydrogen) atoms. The van der Waals surface area contributed by atoms with Gasteiger partial charge in [-0.05, 0) is 61.8 Å². The summed E-state index contributed by atoms with van der Waals surface area (Å²) in [7, 11) is 0. The number of hydrogen-bond donors (Lipinski definition) is 4. The van der Waals surface area contributed by atoms with Crippen LogP contribution in [-0.4, -0.2) is 38.9 Å². The van der Waals surface area contributed by atoms with Crippen molar-refractivity contribution < 1.29 is 19.5 Å². The molecule has 1 atom stereocenters. The number of carboxylic acid groups (broad SMARTS) is 1. The van der Waals surface area contributed by atoms with E-state index in [1.807, 2.05) is 23.6 Å². The number of carbonyl (C=O) groups excluding carboxylic acids is 2. The Bertz CT molecular complexity index is 1530. The van der Waals surface area contributed by atoms with E-state index in [4.69, 9.17) is 15.8 Å². The smallest absolute Gasteiger partial charge is 0.320 e. The number of carbonyl (C=O) groups is 3. The Morgan fingerprint density at radius 1 is 1.18 bits per heavy atom. The number of H-pyrrole nitrogens is 1. The van der Waals surface area contributed by atoms with Crippen molar-refractivity contribution in [2.24, 2.45) is 5.73 Å². The van der Waals surface area contributed by atoms with Gasteiger partial charge in [0.05, 0.1) is 27.3 Å². The molecule has 0 radical (unpaired) electrons. The summed E-state index contributed by atoms with van der Waals surface area (Å²) in [5.41, 5.74) is 12.4. The Hall–Kier alpha value is -3.56. The number of benzene rings is 2. The van der Waals surface area contributed by atoms with Crippen LogP contribution in [0.5, 0.6) is 0 Å². The van der Waals surface area contributed by atoms with Crippen molar-refractivity contribution in [2.45, 2.75) is 44.6 Å². The van der Waals surface area contributed by atoms with E-state index in [0.29, 0.717) is 30.4 Å². The minimum atomic E-state index is -0.987. The predicted octanol–water partition coefficient (Wildman–Crippen LogP) is 3.55. The van der Waals surface area contributed by atoms with Crippen molar-refractivity contribution >= 4 is 50.9 Å². The van der Waals surface area contributed by atoms with E-state index in [1.165, 1.54) is 11.3 Å².